The maximum Gasteiger partial charge on any atom is 0.227 e. The van der Waals surface area contributed by atoms with E-state index in [4.69, 9.17) is 11.6 Å². The van der Waals surface area contributed by atoms with E-state index in [0.717, 1.165) is 5.56 Å². The lowest BCUT2D eigenvalue weighted by molar-refractivity contribution is -0.126. The van der Waals surface area contributed by atoms with E-state index in [1.54, 1.807) is 18.5 Å². The zero-order valence-electron chi connectivity index (χ0n) is 12.7. The van der Waals surface area contributed by atoms with E-state index in [1.165, 1.54) is 23.1 Å². The zero-order chi connectivity index (χ0) is 17.1. The van der Waals surface area contributed by atoms with Crippen LogP contribution in [0, 0.1) is 11.7 Å². The van der Waals surface area contributed by atoms with Crippen LogP contribution in [0.25, 0.3) is 0 Å². The monoisotopic (exact) mass is 347 g/mol. The first kappa shape index (κ1) is 16.4. The molecule has 1 saturated heterocycles. The van der Waals surface area contributed by atoms with Crippen molar-refractivity contribution in [1.82, 2.24) is 10.3 Å². The first-order valence-corrected chi connectivity index (χ1v) is 7.84. The number of hydrogen-bond donors (Lipinski definition) is 1. The van der Waals surface area contributed by atoms with Gasteiger partial charge in [0, 0.05) is 37.6 Å². The first-order valence-electron chi connectivity index (χ1n) is 7.46. The van der Waals surface area contributed by atoms with Crippen LogP contribution in [0.3, 0.4) is 0 Å². The molecular formula is C17H15ClFN3O2. The highest BCUT2D eigenvalue weighted by Crippen LogP contribution is 2.28. The maximum absolute atomic E-state index is 13.2. The summed E-state index contributed by atoms with van der Waals surface area (Å²) in [6.45, 7) is 0.611. The number of nitrogens with one attached hydrogen (secondary N) is 1. The average molecular weight is 348 g/mol. The van der Waals surface area contributed by atoms with Gasteiger partial charge in [-0.3, -0.25) is 14.6 Å². The number of nitrogens with zero attached hydrogens (tertiary/aromatic N) is 2. The second-order valence-electron chi connectivity index (χ2n) is 5.58. The van der Waals surface area contributed by atoms with Crippen molar-refractivity contribution in [2.24, 2.45) is 5.92 Å². The molecule has 124 valence electrons. The Morgan fingerprint density at radius 1 is 1.42 bits per heavy atom. The van der Waals surface area contributed by atoms with Gasteiger partial charge in [-0.05, 0) is 29.8 Å². The number of anilines is 1. The fourth-order valence-electron chi connectivity index (χ4n) is 2.62. The summed E-state index contributed by atoms with van der Waals surface area (Å²) in [6, 6.07) is 7.74. The fourth-order valence-corrected chi connectivity index (χ4v) is 2.80. The van der Waals surface area contributed by atoms with Gasteiger partial charge in [-0.15, -0.1) is 0 Å². The Morgan fingerprint density at radius 2 is 2.25 bits per heavy atom. The molecular weight excluding hydrogens is 333 g/mol. The molecule has 3 rings (SSSR count). The van der Waals surface area contributed by atoms with Crippen LogP contribution < -0.4 is 10.2 Å². The van der Waals surface area contributed by atoms with Gasteiger partial charge >= 0.3 is 0 Å². The van der Waals surface area contributed by atoms with E-state index in [2.05, 4.69) is 10.3 Å². The Morgan fingerprint density at radius 3 is 2.96 bits per heavy atom. The van der Waals surface area contributed by atoms with Crippen LogP contribution in [-0.4, -0.2) is 23.3 Å². The van der Waals surface area contributed by atoms with Crippen LogP contribution in [-0.2, 0) is 16.1 Å². The average Bonchev–Trinajstić information content (AvgIpc) is 2.98. The van der Waals surface area contributed by atoms with Gasteiger partial charge in [0.25, 0.3) is 0 Å². The molecule has 0 radical (unpaired) electrons. The molecule has 1 aromatic carbocycles. The summed E-state index contributed by atoms with van der Waals surface area (Å²) in [5, 5.41) is 2.76. The molecule has 2 heterocycles. The number of amides is 2. The Bertz CT molecular complexity index is 770. The molecule has 0 bridgehead atoms. The van der Waals surface area contributed by atoms with Crippen molar-refractivity contribution < 1.29 is 14.0 Å². The predicted octanol–water partition coefficient (Wildman–Crippen LogP) is 2.54. The van der Waals surface area contributed by atoms with Crippen LogP contribution in [0.4, 0.5) is 10.1 Å². The van der Waals surface area contributed by atoms with E-state index in [9.17, 15) is 14.0 Å². The quantitative estimate of drug-likeness (QED) is 0.924. The number of benzene rings is 1. The highest BCUT2D eigenvalue weighted by Gasteiger charge is 2.35. The van der Waals surface area contributed by atoms with Gasteiger partial charge in [0.1, 0.15) is 5.82 Å². The molecule has 2 amide bonds. The van der Waals surface area contributed by atoms with Crippen LogP contribution in [0.5, 0.6) is 0 Å². The topological polar surface area (TPSA) is 62.3 Å². The van der Waals surface area contributed by atoms with Crippen molar-refractivity contribution in [3.8, 4) is 0 Å². The number of hydrogen-bond acceptors (Lipinski definition) is 3. The van der Waals surface area contributed by atoms with E-state index >= 15 is 0 Å². The minimum absolute atomic E-state index is 0.0511. The van der Waals surface area contributed by atoms with E-state index in [1.807, 2.05) is 6.07 Å². The molecule has 0 aliphatic carbocycles. The molecule has 1 unspecified atom stereocenters. The van der Waals surface area contributed by atoms with Gasteiger partial charge in [-0.25, -0.2) is 4.39 Å². The lowest BCUT2D eigenvalue weighted by Gasteiger charge is -2.17. The number of carbonyl (C=O) groups excluding carboxylic acids is 2. The molecule has 1 atom stereocenters. The van der Waals surface area contributed by atoms with Gasteiger partial charge in [0.05, 0.1) is 10.9 Å². The maximum atomic E-state index is 13.2. The third kappa shape index (κ3) is 3.54. The van der Waals surface area contributed by atoms with Crippen molar-refractivity contribution in [3.05, 3.63) is 59.1 Å². The molecule has 1 aliphatic rings. The van der Waals surface area contributed by atoms with Crippen molar-refractivity contribution in [1.29, 1.82) is 0 Å². The summed E-state index contributed by atoms with van der Waals surface area (Å²) < 4.78 is 13.2. The molecule has 1 N–H and O–H groups in total. The van der Waals surface area contributed by atoms with Gasteiger partial charge < -0.3 is 10.2 Å². The Hall–Kier alpha value is -2.47. The predicted molar refractivity (Wildman–Crippen MR) is 88.0 cm³/mol. The summed E-state index contributed by atoms with van der Waals surface area (Å²) in [5.74, 6) is -1.36. The van der Waals surface area contributed by atoms with Crippen molar-refractivity contribution in [3.63, 3.8) is 0 Å². The number of carbonyl (C=O) groups is 2. The van der Waals surface area contributed by atoms with Gasteiger partial charge in [-0.1, -0.05) is 17.7 Å². The molecule has 1 aromatic heterocycles. The van der Waals surface area contributed by atoms with E-state index < -0.39 is 11.7 Å². The van der Waals surface area contributed by atoms with E-state index in [0.29, 0.717) is 12.2 Å². The Labute approximate surface area is 143 Å². The van der Waals surface area contributed by atoms with Crippen molar-refractivity contribution in [2.45, 2.75) is 13.0 Å². The Balaban J connectivity index is 1.63. The second-order valence-corrected chi connectivity index (χ2v) is 5.99. The zero-order valence-corrected chi connectivity index (χ0v) is 13.5. The summed E-state index contributed by atoms with van der Waals surface area (Å²) >= 11 is 5.76. The Kier molecular flexibility index (Phi) is 4.76. The summed E-state index contributed by atoms with van der Waals surface area (Å²) in [4.78, 5) is 29.9. The third-order valence-corrected chi connectivity index (χ3v) is 4.19. The normalized spacial score (nSPS) is 17.2. The minimum Gasteiger partial charge on any atom is -0.352 e. The van der Waals surface area contributed by atoms with Crippen molar-refractivity contribution >= 4 is 29.1 Å². The van der Waals surface area contributed by atoms with Crippen LogP contribution in [0.15, 0.2) is 42.7 Å². The lowest BCUT2D eigenvalue weighted by Crippen LogP contribution is -2.32. The molecule has 5 nitrogen and oxygen atoms in total. The molecule has 1 fully saturated rings. The molecule has 1 aliphatic heterocycles. The number of rotatable bonds is 4. The van der Waals surface area contributed by atoms with E-state index in [-0.39, 0.29) is 29.8 Å². The third-order valence-electron chi connectivity index (χ3n) is 3.90. The molecule has 2 aromatic rings. The molecule has 24 heavy (non-hydrogen) atoms. The number of halogens is 2. The summed E-state index contributed by atoms with van der Waals surface area (Å²) in [7, 11) is 0. The fraction of sp³-hybridized carbons (Fsp3) is 0.235. The highest BCUT2D eigenvalue weighted by atomic mass is 35.5. The highest BCUT2D eigenvalue weighted by molar-refractivity contribution is 6.31. The van der Waals surface area contributed by atoms with Crippen LogP contribution in [0.1, 0.15) is 12.0 Å². The molecule has 0 saturated carbocycles. The standard InChI is InChI=1S/C17H15ClFN3O2/c18-14-7-13(3-4-15(14)19)22-10-12(6-16(22)23)17(24)21-9-11-2-1-5-20-8-11/h1-5,7-8,12H,6,9-10H2,(H,21,24). The molecule has 0 spiro atoms. The summed E-state index contributed by atoms with van der Waals surface area (Å²) in [5.41, 5.74) is 1.38. The van der Waals surface area contributed by atoms with Crippen LogP contribution in [0.2, 0.25) is 5.02 Å². The van der Waals surface area contributed by atoms with Gasteiger partial charge in [-0.2, -0.15) is 0 Å². The smallest absolute Gasteiger partial charge is 0.227 e. The van der Waals surface area contributed by atoms with Crippen molar-refractivity contribution in [2.75, 3.05) is 11.4 Å². The minimum atomic E-state index is -0.544. The largest absolute Gasteiger partial charge is 0.352 e. The lowest BCUT2D eigenvalue weighted by atomic mass is 10.1. The van der Waals surface area contributed by atoms with Crippen LogP contribution >= 0.6 is 11.6 Å². The first-order chi connectivity index (χ1) is 11.5. The summed E-state index contributed by atoms with van der Waals surface area (Å²) in [6.07, 6.45) is 3.45. The van der Waals surface area contributed by atoms with Gasteiger partial charge in [0.2, 0.25) is 11.8 Å². The molecule has 7 heteroatoms. The van der Waals surface area contributed by atoms with Gasteiger partial charge in [0.15, 0.2) is 0 Å². The second kappa shape index (κ2) is 6.97. The SMILES string of the molecule is O=C(NCc1cccnc1)C1CC(=O)N(c2ccc(F)c(Cl)c2)C1. The number of aromatic nitrogens is 1. The number of pyridine rings is 1.